The van der Waals surface area contributed by atoms with E-state index in [2.05, 4.69) is 15.4 Å². The second kappa shape index (κ2) is 10.8. The van der Waals surface area contributed by atoms with E-state index < -0.39 is 23.7 Å². The molecule has 0 unspecified atom stereocenters. The number of aryl methyl sites for hydroxylation is 1. The van der Waals surface area contributed by atoms with Gasteiger partial charge >= 0.3 is 11.9 Å². The molecule has 13 heteroatoms. The third kappa shape index (κ3) is 7.02. The molecule has 0 saturated carbocycles. The fraction of sp³-hybridized carbons (Fsp3) is 0.182. The lowest BCUT2D eigenvalue weighted by Crippen LogP contribution is -2.45. The molecule has 0 aliphatic heterocycles. The van der Waals surface area contributed by atoms with Crippen LogP contribution >= 0.6 is 0 Å². The molecule has 2 heterocycles. The molecule has 0 fully saturated rings. The van der Waals surface area contributed by atoms with Gasteiger partial charge in [0.2, 0.25) is 0 Å². The van der Waals surface area contributed by atoms with Gasteiger partial charge in [-0.25, -0.2) is 9.78 Å². The molecule has 0 spiro atoms. The molecule has 182 valence electrons. The minimum absolute atomic E-state index is 0.102. The zero-order valence-electron chi connectivity index (χ0n) is 18.9. The number of carboxylic acid groups (broad SMARTS) is 1. The van der Waals surface area contributed by atoms with Crippen molar-refractivity contribution >= 4 is 29.5 Å². The maximum Gasteiger partial charge on any atom is 0.396 e. The van der Waals surface area contributed by atoms with E-state index in [0.717, 1.165) is 0 Å². The van der Waals surface area contributed by atoms with E-state index in [1.807, 2.05) is 19.3 Å². The fourth-order valence-corrected chi connectivity index (χ4v) is 2.71. The molecular weight excluding hydrogens is 460 g/mol. The van der Waals surface area contributed by atoms with Crippen molar-refractivity contribution in [3.8, 4) is 17.2 Å². The highest BCUT2D eigenvalue weighted by Crippen LogP contribution is 2.28. The van der Waals surface area contributed by atoms with Crippen LogP contribution in [0.4, 0.5) is 5.82 Å². The van der Waals surface area contributed by atoms with Gasteiger partial charge in [-0.15, -0.1) is 0 Å². The van der Waals surface area contributed by atoms with Gasteiger partial charge in [0.25, 0.3) is 11.8 Å². The Hall–Kier alpha value is -4.94. The zero-order valence-corrected chi connectivity index (χ0v) is 18.9. The number of hydrogen-bond acceptors (Lipinski definition) is 8. The number of carbonyl (C=O) groups is 4. The quantitative estimate of drug-likeness (QED) is 0.287. The molecule has 0 radical (unpaired) electrons. The summed E-state index contributed by atoms with van der Waals surface area (Å²) in [7, 11) is 1.73. The van der Waals surface area contributed by atoms with E-state index in [1.165, 1.54) is 24.4 Å². The monoisotopic (exact) mass is 482 g/mol. The summed E-state index contributed by atoms with van der Waals surface area (Å²) < 4.78 is 13.1. The molecule has 0 aliphatic rings. The second-order valence-corrected chi connectivity index (χ2v) is 7.38. The van der Waals surface area contributed by atoms with Crippen LogP contribution in [-0.2, 0) is 16.6 Å². The third-order valence-corrected chi connectivity index (χ3v) is 4.16. The van der Waals surface area contributed by atoms with Crippen LogP contribution in [0.15, 0.2) is 48.8 Å². The molecule has 2 aromatic heterocycles. The van der Waals surface area contributed by atoms with Crippen LogP contribution < -0.4 is 25.6 Å². The highest BCUT2D eigenvalue weighted by atomic mass is 16.5. The molecule has 0 atom stereocenters. The maximum atomic E-state index is 12.7. The third-order valence-electron chi connectivity index (χ3n) is 4.16. The Morgan fingerprint density at radius 2 is 1.71 bits per heavy atom. The van der Waals surface area contributed by atoms with Gasteiger partial charge in [-0.05, 0) is 38.1 Å². The summed E-state index contributed by atoms with van der Waals surface area (Å²) in [6.07, 6.45) is 2.79. The first-order chi connectivity index (χ1) is 16.6. The van der Waals surface area contributed by atoms with Crippen LogP contribution in [0.25, 0.3) is 0 Å². The SMILES string of the molecule is CC(C)Oc1cc(Oc2ccc(C(=O)NNC(=O)C(=O)O)nc2)cc(C(=O)Nc2ccn(C)n2)c1. The Kier molecular flexibility index (Phi) is 7.61. The van der Waals surface area contributed by atoms with Crippen molar-refractivity contribution in [1.29, 1.82) is 0 Å². The predicted molar refractivity (Wildman–Crippen MR) is 121 cm³/mol. The summed E-state index contributed by atoms with van der Waals surface area (Å²) in [6.45, 7) is 3.68. The van der Waals surface area contributed by atoms with Crippen LogP contribution in [0, 0.1) is 0 Å². The molecule has 3 aromatic rings. The van der Waals surface area contributed by atoms with Crippen LogP contribution in [0.5, 0.6) is 17.2 Å². The first kappa shape index (κ1) is 24.7. The van der Waals surface area contributed by atoms with Gasteiger partial charge in [0, 0.05) is 30.9 Å². The normalized spacial score (nSPS) is 10.4. The average molecular weight is 482 g/mol. The highest BCUT2D eigenvalue weighted by molar-refractivity contribution is 6.31. The van der Waals surface area contributed by atoms with Gasteiger partial charge in [0.1, 0.15) is 22.9 Å². The number of pyridine rings is 1. The lowest BCUT2D eigenvalue weighted by atomic mass is 10.2. The number of carboxylic acids is 1. The van der Waals surface area contributed by atoms with Crippen molar-refractivity contribution in [2.45, 2.75) is 20.0 Å². The molecule has 0 aliphatic carbocycles. The number of rotatable bonds is 7. The number of hydrazine groups is 1. The molecular formula is C22H22N6O7. The van der Waals surface area contributed by atoms with Crippen LogP contribution in [0.1, 0.15) is 34.7 Å². The molecule has 1 aromatic carbocycles. The van der Waals surface area contributed by atoms with E-state index >= 15 is 0 Å². The summed E-state index contributed by atoms with van der Waals surface area (Å²) in [4.78, 5) is 50.1. The van der Waals surface area contributed by atoms with Gasteiger partial charge in [0.05, 0.1) is 12.3 Å². The highest BCUT2D eigenvalue weighted by Gasteiger charge is 2.15. The van der Waals surface area contributed by atoms with Gasteiger partial charge in [-0.3, -0.25) is 29.9 Å². The molecule has 35 heavy (non-hydrogen) atoms. The summed E-state index contributed by atoms with van der Waals surface area (Å²) in [6, 6.07) is 9.07. The second-order valence-electron chi connectivity index (χ2n) is 7.38. The first-order valence-corrected chi connectivity index (χ1v) is 10.2. The van der Waals surface area contributed by atoms with Crippen molar-refractivity contribution in [1.82, 2.24) is 25.6 Å². The molecule has 13 nitrogen and oxygen atoms in total. The predicted octanol–water partition coefficient (Wildman–Crippen LogP) is 1.49. The summed E-state index contributed by atoms with van der Waals surface area (Å²) >= 11 is 0. The van der Waals surface area contributed by atoms with Crippen molar-refractivity contribution in [2.75, 3.05) is 5.32 Å². The zero-order chi connectivity index (χ0) is 25.5. The smallest absolute Gasteiger partial charge is 0.396 e. The number of hydrogen-bond donors (Lipinski definition) is 4. The number of aliphatic carboxylic acids is 1. The van der Waals surface area contributed by atoms with E-state index in [4.69, 9.17) is 14.6 Å². The van der Waals surface area contributed by atoms with Crippen LogP contribution in [0.2, 0.25) is 0 Å². The van der Waals surface area contributed by atoms with Gasteiger partial charge < -0.3 is 19.9 Å². The number of benzene rings is 1. The number of aromatic nitrogens is 3. The molecule has 0 bridgehead atoms. The topological polar surface area (TPSA) is 174 Å². The van der Waals surface area contributed by atoms with Crippen LogP contribution in [-0.4, -0.2) is 49.7 Å². The van der Waals surface area contributed by atoms with E-state index in [0.29, 0.717) is 11.6 Å². The van der Waals surface area contributed by atoms with E-state index in [1.54, 1.807) is 41.6 Å². The van der Waals surface area contributed by atoms with Crippen molar-refractivity contribution in [3.63, 3.8) is 0 Å². The number of nitrogens with one attached hydrogen (secondary N) is 3. The summed E-state index contributed by atoms with van der Waals surface area (Å²) in [5, 5.41) is 15.3. The Morgan fingerprint density at radius 1 is 0.971 bits per heavy atom. The molecule has 0 saturated heterocycles. The number of carbonyl (C=O) groups excluding carboxylic acids is 3. The molecule has 3 rings (SSSR count). The largest absolute Gasteiger partial charge is 0.491 e. The number of nitrogens with zero attached hydrogens (tertiary/aromatic N) is 3. The summed E-state index contributed by atoms with van der Waals surface area (Å²) in [5.41, 5.74) is 3.82. The molecule has 3 amide bonds. The van der Waals surface area contributed by atoms with Crippen molar-refractivity contribution in [3.05, 3.63) is 60.0 Å². The number of ether oxygens (including phenoxy) is 2. The average Bonchev–Trinajstić information content (AvgIpc) is 3.21. The summed E-state index contributed by atoms with van der Waals surface area (Å²) in [5.74, 6) is -3.09. The Bertz CT molecular complexity index is 1250. The number of anilines is 1. The Balaban J connectivity index is 1.75. The minimum Gasteiger partial charge on any atom is -0.491 e. The van der Waals surface area contributed by atoms with Gasteiger partial charge in [-0.1, -0.05) is 0 Å². The van der Waals surface area contributed by atoms with Gasteiger partial charge in [-0.2, -0.15) is 5.10 Å². The lowest BCUT2D eigenvalue weighted by molar-refractivity contribution is -0.150. The van der Waals surface area contributed by atoms with Crippen molar-refractivity contribution in [2.24, 2.45) is 7.05 Å². The maximum absolute atomic E-state index is 12.7. The first-order valence-electron chi connectivity index (χ1n) is 10.2. The van der Waals surface area contributed by atoms with E-state index in [9.17, 15) is 19.2 Å². The van der Waals surface area contributed by atoms with E-state index in [-0.39, 0.29) is 28.9 Å². The standard InChI is InChI=1S/C22H22N6O7/c1-12(2)34-15-8-13(19(29)24-18-6-7-28(3)27-18)9-16(10-15)35-14-4-5-17(23-11-14)20(30)25-26-21(31)22(32)33/h4-12H,1-3H3,(H,25,30)(H,26,31)(H,32,33)(H,24,27,29). The molecule has 4 N–H and O–H groups in total. The number of amides is 3. The minimum atomic E-state index is -1.75. The fourth-order valence-electron chi connectivity index (χ4n) is 2.71. The van der Waals surface area contributed by atoms with Crippen LogP contribution in [0.3, 0.4) is 0 Å². The van der Waals surface area contributed by atoms with Crippen molar-refractivity contribution < 1.29 is 33.8 Å². The Morgan fingerprint density at radius 3 is 2.31 bits per heavy atom. The Labute approximate surface area is 199 Å². The van der Waals surface area contributed by atoms with Gasteiger partial charge in [0.15, 0.2) is 5.82 Å². The lowest BCUT2D eigenvalue weighted by Gasteiger charge is -2.14.